The highest BCUT2D eigenvalue weighted by Crippen LogP contribution is 2.17. The molecule has 0 saturated heterocycles. The predicted molar refractivity (Wildman–Crippen MR) is 79.7 cm³/mol. The van der Waals surface area contributed by atoms with E-state index in [0.29, 0.717) is 5.56 Å². The van der Waals surface area contributed by atoms with Gasteiger partial charge < -0.3 is 15.2 Å². The maximum absolute atomic E-state index is 12.1. The van der Waals surface area contributed by atoms with Gasteiger partial charge in [-0.2, -0.15) is 0 Å². The minimum atomic E-state index is -3.46. The van der Waals surface area contributed by atoms with Crippen molar-refractivity contribution in [2.45, 2.75) is 24.3 Å². The Labute approximate surface area is 129 Å². The number of carbonyl (C=O) groups excluding carboxylic acids is 1. The molecule has 1 aromatic carbocycles. The molecule has 0 saturated carbocycles. The summed E-state index contributed by atoms with van der Waals surface area (Å²) in [6.07, 6.45) is 1.16. The number of rotatable bonds is 7. The minimum Gasteiger partial charge on any atom is -0.480 e. The largest absolute Gasteiger partial charge is 0.480 e. The summed E-state index contributed by atoms with van der Waals surface area (Å²) in [6, 6.07) is 3.11. The van der Waals surface area contributed by atoms with Crippen LogP contribution in [0.2, 0.25) is 0 Å². The summed E-state index contributed by atoms with van der Waals surface area (Å²) in [5, 5.41) is 11.4. The average Bonchev–Trinajstić information content (AvgIpc) is 2.42. The summed E-state index contributed by atoms with van der Waals surface area (Å²) in [5.41, 5.74) is 0.614. The molecule has 22 heavy (non-hydrogen) atoms. The molecule has 1 unspecified atom stereocenters. The van der Waals surface area contributed by atoms with E-state index in [9.17, 15) is 18.0 Å². The zero-order valence-corrected chi connectivity index (χ0v) is 13.4. The highest BCUT2D eigenvalue weighted by Gasteiger charge is 2.21. The van der Waals surface area contributed by atoms with Gasteiger partial charge in [-0.3, -0.25) is 4.79 Å². The Balaban J connectivity index is 3.00. The summed E-state index contributed by atoms with van der Waals surface area (Å²) in [5.74, 6) is -1.82. The number of carbonyl (C=O) groups is 2. The lowest BCUT2D eigenvalue weighted by molar-refractivity contribution is -0.139. The molecule has 1 amide bonds. The van der Waals surface area contributed by atoms with Crippen molar-refractivity contribution in [3.63, 3.8) is 0 Å². The maximum atomic E-state index is 12.1. The monoisotopic (exact) mass is 329 g/mol. The maximum Gasteiger partial charge on any atom is 0.326 e. The fraction of sp³-hybridized carbons (Fsp3) is 0.429. The third kappa shape index (κ3) is 4.81. The zero-order valence-electron chi connectivity index (χ0n) is 12.6. The zero-order chi connectivity index (χ0) is 16.9. The average molecular weight is 329 g/mol. The number of methoxy groups -OCH3 is 1. The molecular weight excluding hydrogens is 310 g/mol. The highest BCUT2D eigenvalue weighted by molar-refractivity contribution is 7.90. The van der Waals surface area contributed by atoms with Crippen LogP contribution in [0.25, 0.3) is 0 Å². The first-order valence-corrected chi connectivity index (χ1v) is 8.39. The Morgan fingerprint density at radius 3 is 2.50 bits per heavy atom. The van der Waals surface area contributed by atoms with Crippen molar-refractivity contribution in [3.8, 4) is 0 Å². The molecule has 0 bridgehead atoms. The van der Waals surface area contributed by atoms with E-state index >= 15 is 0 Å². The third-order valence-electron chi connectivity index (χ3n) is 3.06. The van der Waals surface area contributed by atoms with Gasteiger partial charge in [0.05, 0.1) is 4.90 Å². The number of carboxylic acids is 1. The molecule has 0 heterocycles. The standard InChI is InChI=1S/C14H19NO6S/c1-9-4-5-10(8-12(9)22(3,19)20)13(16)15-11(14(17)18)6-7-21-2/h4-5,8,11H,6-7H2,1-3H3,(H,15,16)(H,17,18). The van der Waals surface area contributed by atoms with Crippen molar-refractivity contribution in [3.05, 3.63) is 29.3 Å². The van der Waals surface area contributed by atoms with E-state index in [0.717, 1.165) is 6.26 Å². The number of ether oxygens (including phenoxy) is 1. The Kier molecular flexibility index (Phi) is 6.07. The molecule has 1 rings (SSSR count). The second-order valence-corrected chi connectivity index (χ2v) is 6.88. The molecule has 0 aliphatic rings. The lowest BCUT2D eigenvalue weighted by Crippen LogP contribution is -2.41. The number of nitrogens with one attached hydrogen (secondary N) is 1. The number of aryl methyl sites for hydroxylation is 1. The molecule has 1 aromatic rings. The minimum absolute atomic E-state index is 0.0453. The summed E-state index contributed by atoms with van der Waals surface area (Å²) in [6.45, 7) is 1.80. The smallest absolute Gasteiger partial charge is 0.326 e. The van der Waals surface area contributed by atoms with Gasteiger partial charge in [0.1, 0.15) is 6.04 Å². The van der Waals surface area contributed by atoms with E-state index in [-0.39, 0.29) is 23.5 Å². The topological polar surface area (TPSA) is 110 Å². The van der Waals surface area contributed by atoms with Crippen molar-refractivity contribution >= 4 is 21.7 Å². The molecule has 0 aliphatic heterocycles. The fourth-order valence-electron chi connectivity index (χ4n) is 1.88. The Hall–Kier alpha value is -1.93. The highest BCUT2D eigenvalue weighted by atomic mass is 32.2. The normalized spacial score (nSPS) is 12.7. The molecule has 0 aliphatic carbocycles. The number of benzene rings is 1. The fourth-order valence-corrected chi connectivity index (χ4v) is 2.87. The van der Waals surface area contributed by atoms with E-state index in [2.05, 4.69) is 5.32 Å². The number of aliphatic carboxylic acids is 1. The molecule has 8 heteroatoms. The van der Waals surface area contributed by atoms with Gasteiger partial charge in [0, 0.05) is 32.0 Å². The summed E-state index contributed by atoms with van der Waals surface area (Å²) < 4.78 is 28.1. The van der Waals surface area contributed by atoms with Crippen molar-refractivity contribution < 1.29 is 27.9 Å². The quantitative estimate of drug-likeness (QED) is 0.759. The third-order valence-corrected chi connectivity index (χ3v) is 4.30. The van der Waals surface area contributed by atoms with E-state index in [1.807, 2.05) is 0 Å². The Morgan fingerprint density at radius 1 is 1.36 bits per heavy atom. The van der Waals surface area contributed by atoms with E-state index in [1.165, 1.54) is 25.3 Å². The van der Waals surface area contributed by atoms with Crippen LogP contribution in [-0.4, -0.2) is 51.4 Å². The second-order valence-electron chi connectivity index (χ2n) is 4.90. The SMILES string of the molecule is COCCC(NC(=O)c1ccc(C)c(S(C)(=O)=O)c1)C(=O)O. The van der Waals surface area contributed by atoms with Crippen LogP contribution >= 0.6 is 0 Å². The van der Waals surface area contributed by atoms with Crippen LogP contribution in [0.15, 0.2) is 23.1 Å². The molecule has 0 radical (unpaired) electrons. The lowest BCUT2D eigenvalue weighted by Gasteiger charge is -2.14. The summed E-state index contributed by atoms with van der Waals surface area (Å²) >= 11 is 0. The van der Waals surface area contributed by atoms with Crippen molar-refractivity contribution in [2.24, 2.45) is 0 Å². The predicted octanol–water partition coefficient (Wildman–Crippen LogP) is 0.618. The van der Waals surface area contributed by atoms with Crippen LogP contribution in [0.1, 0.15) is 22.3 Å². The molecule has 1 atom stereocenters. The van der Waals surface area contributed by atoms with Crippen LogP contribution in [0.4, 0.5) is 0 Å². The summed E-state index contributed by atoms with van der Waals surface area (Å²) in [4.78, 5) is 23.2. The number of hydrogen-bond donors (Lipinski definition) is 2. The first-order chi connectivity index (χ1) is 10.2. The molecule has 0 fully saturated rings. The molecule has 0 aromatic heterocycles. The Bertz CT molecular complexity index is 668. The second kappa shape index (κ2) is 7.37. The van der Waals surface area contributed by atoms with Gasteiger partial charge in [-0.25, -0.2) is 13.2 Å². The number of hydrogen-bond acceptors (Lipinski definition) is 5. The van der Waals surface area contributed by atoms with Crippen molar-refractivity contribution in [1.29, 1.82) is 0 Å². The van der Waals surface area contributed by atoms with Crippen molar-refractivity contribution in [1.82, 2.24) is 5.32 Å². The van der Waals surface area contributed by atoms with Crippen molar-refractivity contribution in [2.75, 3.05) is 20.0 Å². The molecule has 0 spiro atoms. The van der Waals surface area contributed by atoms with Gasteiger partial charge >= 0.3 is 5.97 Å². The van der Waals surface area contributed by atoms with Gasteiger partial charge in [-0.1, -0.05) is 6.07 Å². The molecule has 2 N–H and O–H groups in total. The van der Waals surface area contributed by atoms with E-state index < -0.39 is 27.8 Å². The van der Waals surface area contributed by atoms with Crippen LogP contribution in [0, 0.1) is 6.92 Å². The Morgan fingerprint density at radius 2 is 2.00 bits per heavy atom. The van der Waals surface area contributed by atoms with Crippen LogP contribution in [0.3, 0.4) is 0 Å². The summed E-state index contributed by atoms with van der Waals surface area (Å²) in [7, 11) is -2.04. The lowest BCUT2D eigenvalue weighted by atomic mass is 10.1. The van der Waals surface area contributed by atoms with Gasteiger partial charge in [0.25, 0.3) is 5.91 Å². The number of carboxylic acid groups (broad SMARTS) is 1. The van der Waals surface area contributed by atoms with Crippen LogP contribution in [0.5, 0.6) is 0 Å². The van der Waals surface area contributed by atoms with Gasteiger partial charge in [-0.15, -0.1) is 0 Å². The van der Waals surface area contributed by atoms with Crippen LogP contribution < -0.4 is 5.32 Å². The molecular formula is C14H19NO6S. The first-order valence-electron chi connectivity index (χ1n) is 6.50. The molecule has 122 valence electrons. The number of amides is 1. The number of sulfone groups is 1. The first kappa shape index (κ1) is 18.1. The van der Waals surface area contributed by atoms with Gasteiger partial charge in [0.2, 0.25) is 0 Å². The van der Waals surface area contributed by atoms with Crippen LogP contribution in [-0.2, 0) is 19.4 Å². The van der Waals surface area contributed by atoms with E-state index in [1.54, 1.807) is 6.92 Å². The van der Waals surface area contributed by atoms with Gasteiger partial charge in [0.15, 0.2) is 9.84 Å². The van der Waals surface area contributed by atoms with Gasteiger partial charge in [-0.05, 0) is 24.6 Å². The van der Waals surface area contributed by atoms with E-state index in [4.69, 9.17) is 9.84 Å². The molecule has 7 nitrogen and oxygen atoms in total.